The molecular weight excluding hydrogens is 472 g/mol. The molecule has 2 heterocycles. The van der Waals surface area contributed by atoms with Crippen molar-refractivity contribution >= 4 is 54.8 Å². The zero-order valence-corrected chi connectivity index (χ0v) is 18.5. The van der Waals surface area contributed by atoms with Crippen LogP contribution in [0.4, 0.5) is 0 Å². The van der Waals surface area contributed by atoms with E-state index in [1.54, 1.807) is 12.1 Å². The molecule has 1 aromatic carbocycles. The average Bonchev–Trinajstić information content (AvgIpc) is 3.10. The number of amides is 1. The van der Waals surface area contributed by atoms with E-state index in [2.05, 4.69) is 21.2 Å². The number of halogens is 2. The first-order valence-electron chi connectivity index (χ1n) is 8.64. The molecule has 1 amide bonds. The number of hydrogen-bond donors (Lipinski definition) is 1. The van der Waals surface area contributed by atoms with Gasteiger partial charge in [-0.3, -0.25) is 4.79 Å². The Morgan fingerprint density at radius 3 is 2.67 bits per heavy atom. The molecule has 0 aliphatic carbocycles. The molecule has 1 N–H and O–H groups in total. The number of rotatable bonds is 6. The van der Waals surface area contributed by atoms with Crippen molar-refractivity contribution in [1.82, 2.24) is 9.62 Å². The van der Waals surface area contributed by atoms with E-state index in [0.29, 0.717) is 41.6 Å². The molecule has 0 saturated carbocycles. The number of hydrogen-bond acceptors (Lipinski definition) is 4. The zero-order chi connectivity index (χ0) is 19.4. The Bertz CT molecular complexity index is 900. The minimum Gasteiger partial charge on any atom is -0.355 e. The van der Waals surface area contributed by atoms with Crippen LogP contribution in [0.2, 0.25) is 5.02 Å². The van der Waals surface area contributed by atoms with Gasteiger partial charge in [0.15, 0.2) is 0 Å². The van der Waals surface area contributed by atoms with Crippen molar-refractivity contribution in [3.05, 3.63) is 50.8 Å². The SMILES string of the molecule is O=C(NCCc1ccc(Cl)cc1)C1CCCN(S(=O)(=O)c2ccc(Br)s2)C1. The van der Waals surface area contributed by atoms with Gasteiger partial charge in [0.2, 0.25) is 5.91 Å². The van der Waals surface area contributed by atoms with Gasteiger partial charge in [0.1, 0.15) is 4.21 Å². The van der Waals surface area contributed by atoms with Gasteiger partial charge in [-0.15, -0.1) is 11.3 Å². The molecule has 1 saturated heterocycles. The number of piperidine rings is 1. The Morgan fingerprint density at radius 2 is 2.00 bits per heavy atom. The van der Waals surface area contributed by atoms with Crippen molar-refractivity contribution < 1.29 is 13.2 Å². The minimum atomic E-state index is -3.55. The summed E-state index contributed by atoms with van der Waals surface area (Å²) in [5.41, 5.74) is 1.09. The van der Waals surface area contributed by atoms with Crippen LogP contribution in [0.5, 0.6) is 0 Å². The third-order valence-corrected chi connectivity index (χ3v) is 8.73. The van der Waals surface area contributed by atoms with Crippen LogP contribution in [0.25, 0.3) is 0 Å². The van der Waals surface area contributed by atoms with Gasteiger partial charge < -0.3 is 5.32 Å². The predicted molar refractivity (Wildman–Crippen MR) is 112 cm³/mol. The Morgan fingerprint density at radius 1 is 1.26 bits per heavy atom. The summed E-state index contributed by atoms with van der Waals surface area (Å²) in [6.07, 6.45) is 2.09. The van der Waals surface area contributed by atoms with Gasteiger partial charge in [-0.1, -0.05) is 23.7 Å². The Balaban J connectivity index is 1.55. The lowest BCUT2D eigenvalue weighted by molar-refractivity contribution is -0.126. The molecule has 3 rings (SSSR count). The quantitative estimate of drug-likeness (QED) is 0.666. The van der Waals surface area contributed by atoms with Crippen molar-refractivity contribution in [2.75, 3.05) is 19.6 Å². The number of nitrogens with one attached hydrogen (secondary N) is 1. The van der Waals surface area contributed by atoms with Crippen molar-refractivity contribution in [3.63, 3.8) is 0 Å². The van der Waals surface area contributed by atoms with Crippen molar-refractivity contribution in [1.29, 1.82) is 0 Å². The van der Waals surface area contributed by atoms with Crippen LogP contribution in [0.3, 0.4) is 0 Å². The molecule has 146 valence electrons. The standard InChI is InChI=1S/C18H20BrClN2O3S2/c19-16-7-8-17(26-16)27(24,25)22-11-1-2-14(12-22)18(23)21-10-9-13-3-5-15(20)6-4-13/h3-8,14H,1-2,9-12H2,(H,21,23). The Kier molecular flexibility index (Phi) is 6.97. The van der Waals surface area contributed by atoms with Crippen LogP contribution in [0, 0.1) is 5.92 Å². The molecular formula is C18H20BrClN2O3S2. The lowest BCUT2D eigenvalue weighted by Crippen LogP contribution is -2.45. The van der Waals surface area contributed by atoms with E-state index in [0.717, 1.165) is 9.35 Å². The van der Waals surface area contributed by atoms with E-state index in [4.69, 9.17) is 11.6 Å². The zero-order valence-electron chi connectivity index (χ0n) is 14.5. The number of nitrogens with zero attached hydrogens (tertiary/aromatic N) is 1. The third-order valence-electron chi connectivity index (χ3n) is 4.52. The predicted octanol–water partition coefficient (Wildman–Crippen LogP) is 3.92. The normalized spacial score (nSPS) is 18.4. The van der Waals surface area contributed by atoms with E-state index < -0.39 is 10.0 Å². The van der Waals surface area contributed by atoms with Crippen molar-refractivity contribution in [3.8, 4) is 0 Å². The highest BCUT2D eigenvalue weighted by molar-refractivity contribution is 9.11. The minimum absolute atomic E-state index is 0.0868. The summed E-state index contributed by atoms with van der Waals surface area (Å²) in [6.45, 7) is 1.19. The molecule has 0 bridgehead atoms. The highest BCUT2D eigenvalue weighted by atomic mass is 79.9. The molecule has 1 unspecified atom stereocenters. The highest BCUT2D eigenvalue weighted by Crippen LogP contribution is 2.30. The first kappa shape index (κ1) is 20.8. The maximum Gasteiger partial charge on any atom is 0.252 e. The Labute approximate surface area is 176 Å². The fourth-order valence-electron chi connectivity index (χ4n) is 3.06. The molecule has 2 aromatic rings. The lowest BCUT2D eigenvalue weighted by Gasteiger charge is -2.30. The summed E-state index contributed by atoms with van der Waals surface area (Å²) in [5, 5.41) is 3.62. The van der Waals surface area contributed by atoms with Crippen LogP contribution in [0.1, 0.15) is 18.4 Å². The highest BCUT2D eigenvalue weighted by Gasteiger charge is 2.33. The largest absolute Gasteiger partial charge is 0.355 e. The molecule has 0 spiro atoms. The van der Waals surface area contributed by atoms with Gasteiger partial charge in [-0.05, 0) is 65.0 Å². The summed E-state index contributed by atoms with van der Waals surface area (Å²) >= 11 is 10.4. The molecule has 0 radical (unpaired) electrons. The number of thiophene rings is 1. The van der Waals surface area contributed by atoms with Gasteiger partial charge in [0, 0.05) is 24.7 Å². The smallest absolute Gasteiger partial charge is 0.252 e. The van der Waals surface area contributed by atoms with E-state index in [1.807, 2.05) is 24.3 Å². The van der Waals surface area contributed by atoms with Crippen LogP contribution >= 0.6 is 38.9 Å². The van der Waals surface area contributed by atoms with Crippen LogP contribution in [-0.4, -0.2) is 38.3 Å². The number of carbonyl (C=O) groups excluding carboxylic acids is 1. The van der Waals surface area contributed by atoms with Gasteiger partial charge in [-0.25, -0.2) is 8.42 Å². The van der Waals surface area contributed by atoms with E-state index >= 15 is 0 Å². The number of benzene rings is 1. The summed E-state index contributed by atoms with van der Waals surface area (Å²) in [5.74, 6) is -0.404. The van der Waals surface area contributed by atoms with Crippen LogP contribution in [-0.2, 0) is 21.2 Å². The second-order valence-electron chi connectivity index (χ2n) is 6.43. The molecule has 1 aliphatic heterocycles. The molecule has 1 aromatic heterocycles. The monoisotopic (exact) mass is 490 g/mol. The number of sulfonamides is 1. The van der Waals surface area contributed by atoms with Gasteiger partial charge in [0.25, 0.3) is 10.0 Å². The van der Waals surface area contributed by atoms with Crippen molar-refractivity contribution in [2.45, 2.75) is 23.5 Å². The first-order chi connectivity index (χ1) is 12.9. The van der Waals surface area contributed by atoms with Crippen LogP contribution < -0.4 is 5.32 Å². The summed E-state index contributed by atoms with van der Waals surface area (Å²) < 4.78 is 28.0. The third kappa shape index (κ3) is 5.32. The molecule has 27 heavy (non-hydrogen) atoms. The second-order valence-corrected chi connectivity index (χ2v) is 11.5. The van der Waals surface area contributed by atoms with Crippen molar-refractivity contribution in [2.24, 2.45) is 5.92 Å². The average molecular weight is 492 g/mol. The lowest BCUT2D eigenvalue weighted by atomic mass is 9.99. The molecule has 9 heteroatoms. The van der Waals surface area contributed by atoms with Gasteiger partial charge in [0.05, 0.1) is 9.70 Å². The number of carbonyl (C=O) groups is 1. The van der Waals surface area contributed by atoms with E-state index in [-0.39, 0.29) is 18.4 Å². The van der Waals surface area contributed by atoms with Gasteiger partial charge in [-0.2, -0.15) is 4.31 Å². The van der Waals surface area contributed by atoms with E-state index in [9.17, 15) is 13.2 Å². The fraction of sp³-hybridized carbons (Fsp3) is 0.389. The van der Waals surface area contributed by atoms with E-state index in [1.165, 1.54) is 15.6 Å². The molecule has 1 atom stereocenters. The molecule has 5 nitrogen and oxygen atoms in total. The molecule has 1 aliphatic rings. The Hall–Kier alpha value is -0.930. The summed E-state index contributed by atoms with van der Waals surface area (Å²) in [7, 11) is -3.55. The fourth-order valence-corrected chi connectivity index (χ4v) is 6.88. The molecule has 1 fully saturated rings. The second kappa shape index (κ2) is 9.05. The maximum absolute atomic E-state index is 12.8. The first-order valence-corrected chi connectivity index (χ1v) is 12.1. The van der Waals surface area contributed by atoms with Gasteiger partial charge >= 0.3 is 0 Å². The maximum atomic E-state index is 12.8. The summed E-state index contributed by atoms with van der Waals surface area (Å²) in [4.78, 5) is 12.5. The topological polar surface area (TPSA) is 66.5 Å². The van der Waals surface area contributed by atoms with Crippen LogP contribution in [0.15, 0.2) is 44.4 Å². The summed E-state index contributed by atoms with van der Waals surface area (Å²) in [6, 6.07) is 10.8.